The van der Waals surface area contributed by atoms with Crippen LogP contribution in [0.25, 0.3) is 0 Å². The summed E-state index contributed by atoms with van der Waals surface area (Å²) < 4.78 is 7.04. The van der Waals surface area contributed by atoms with Crippen molar-refractivity contribution in [2.75, 3.05) is 13.7 Å². The number of hydrogen-bond acceptors (Lipinski definition) is 4. The van der Waals surface area contributed by atoms with Gasteiger partial charge in [-0.05, 0) is 30.5 Å². The minimum absolute atomic E-state index is 0.136. The smallest absolute Gasteiger partial charge is 0.211 e. The molecular formula is C13H19N3OS. The molecule has 0 saturated carbocycles. The fourth-order valence-electron chi connectivity index (χ4n) is 2.08. The molecule has 98 valence electrons. The van der Waals surface area contributed by atoms with E-state index in [9.17, 15) is 0 Å². The highest BCUT2D eigenvalue weighted by Gasteiger charge is 2.20. The third-order valence-corrected chi connectivity index (χ3v) is 3.84. The molecular weight excluding hydrogens is 246 g/mol. The maximum absolute atomic E-state index is 5.28. The average Bonchev–Trinajstić information content (AvgIpc) is 2.92. The zero-order chi connectivity index (χ0) is 13.1. The second-order valence-electron chi connectivity index (χ2n) is 4.16. The lowest BCUT2D eigenvalue weighted by atomic mass is 10.1. The van der Waals surface area contributed by atoms with Gasteiger partial charge >= 0.3 is 0 Å². The van der Waals surface area contributed by atoms with Crippen molar-refractivity contribution in [2.45, 2.75) is 19.9 Å². The number of nitrogens with zero attached hydrogens (tertiary/aromatic N) is 2. The van der Waals surface area contributed by atoms with Gasteiger partial charge in [0.25, 0.3) is 0 Å². The second-order valence-corrected chi connectivity index (χ2v) is 5.28. The predicted octanol–water partition coefficient (Wildman–Crippen LogP) is 2.50. The topological polar surface area (TPSA) is 39.1 Å². The molecule has 2 aromatic rings. The largest absolute Gasteiger partial charge is 0.481 e. The molecule has 1 unspecified atom stereocenters. The van der Waals surface area contributed by atoms with Crippen molar-refractivity contribution in [3.05, 3.63) is 33.6 Å². The molecule has 2 rings (SSSR count). The van der Waals surface area contributed by atoms with Crippen LogP contribution in [0.15, 0.2) is 17.5 Å². The molecule has 4 nitrogen and oxygen atoms in total. The predicted molar refractivity (Wildman–Crippen MR) is 74.3 cm³/mol. The van der Waals surface area contributed by atoms with E-state index in [1.54, 1.807) is 23.1 Å². The van der Waals surface area contributed by atoms with Crippen molar-refractivity contribution in [1.29, 1.82) is 0 Å². The van der Waals surface area contributed by atoms with E-state index in [0.717, 1.165) is 18.1 Å². The van der Waals surface area contributed by atoms with Crippen molar-refractivity contribution in [3.63, 3.8) is 0 Å². The zero-order valence-electron chi connectivity index (χ0n) is 11.2. The zero-order valence-corrected chi connectivity index (χ0v) is 12.0. The van der Waals surface area contributed by atoms with E-state index in [0.29, 0.717) is 0 Å². The van der Waals surface area contributed by atoms with Gasteiger partial charge in [-0.1, -0.05) is 6.92 Å². The van der Waals surface area contributed by atoms with Crippen LogP contribution in [0.5, 0.6) is 5.88 Å². The van der Waals surface area contributed by atoms with Crippen LogP contribution in [0, 0.1) is 6.92 Å². The Morgan fingerprint density at radius 3 is 2.83 bits per heavy atom. The first-order valence-corrected chi connectivity index (χ1v) is 6.90. The normalized spacial score (nSPS) is 12.7. The van der Waals surface area contributed by atoms with Crippen LogP contribution in [0.2, 0.25) is 0 Å². The van der Waals surface area contributed by atoms with Crippen LogP contribution in [0.4, 0.5) is 0 Å². The van der Waals surface area contributed by atoms with Crippen molar-refractivity contribution >= 4 is 11.3 Å². The Morgan fingerprint density at radius 2 is 2.33 bits per heavy atom. The molecule has 0 aliphatic rings. The molecule has 0 aromatic carbocycles. The summed E-state index contributed by atoms with van der Waals surface area (Å²) in [7, 11) is 3.56. The quantitative estimate of drug-likeness (QED) is 0.903. The maximum atomic E-state index is 5.28. The Kier molecular flexibility index (Phi) is 4.04. The first kappa shape index (κ1) is 13.1. The molecule has 0 bridgehead atoms. The number of methoxy groups -OCH3 is 1. The molecule has 0 fully saturated rings. The first-order valence-electron chi connectivity index (χ1n) is 6.02. The summed E-state index contributed by atoms with van der Waals surface area (Å²) in [6.45, 7) is 5.15. The van der Waals surface area contributed by atoms with E-state index >= 15 is 0 Å². The number of hydrogen-bond donors (Lipinski definition) is 1. The van der Waals surface area contributed by atoms with E-state index in [1.165, 1.54) is 10.4 Å². The van der Waals surface area contributed by atoms with Gasteiger partial charge in [-0.2, -0.15) is 5.10 Å². The van der Waals surface area contributed by atoms with Crippen molar-refractivity contribution in [1.82, 2.24) is 15.1 Å². The molecule has 2 aromatic heterocycles. The van der Waals surface area contributed by atoms with Gasteiger partial charge in [0.05, 0.1) is 18.8 Å². The minimum Gasteiger partial charge on any atom is -0.481 e. The van der Waals surface area contributed by atoms with Gasteiger partial charge in [-0.25, -0.2) is 4.68 Å². The number of rotatable bonds is 5. The van der Waals surface area contributed by atoms with Crippen LogP contribution in [-0.4, -0.2) is 23.4 Å². The lowest BCUT2D eigenvalue weighted by Crippen LogP contribution is -2.22. The number of aryl methyl sites for hydroxylation is 2. The number of aromatic nitrogens is 2. The summed E-state index contributed by atoms with van der Waals surface area (Å²) in [5.41, 5.74) is 2.29. The average molecular weight is 265 g/mol. The minimum atomic E-state index is 0.136. The number of nitrogens with one attached hydrogen (secondary N) is 1. The van der Waals surface area contributed by atoms with E-state index in [1.807, 2.05) is 13.1 Å². The third kappa shape index (κ3) is 2.42. The molecule has 2 heterocycles. The molecule has 18 heavy (non-hydrogen) atoms. The molecule has 0 spiro atoms. The first-order chi connectivity index (χ1) is 8.67. The van der Waals surface area contributed by atoms with E-state index in [-0.39, 0.29) is 6.04 Å². The van der Waals surface area contributed by atoms with Gasteiger partial charge in [-0.3, -0.25) is 0 Å². The Morgan fingerprint density at radius 1 is 1.56 bits per heavy atom. The third-order valence-electron chi connectivity index (χ3n) is 2.98. The maximum Gasteiger partial charge on any atom is 0.211 e. The summed E-state index contributed by atoms with van der Waals surface area (Å²) in [5.74, 6) is 0.779. The van der Waals surface area contributed by atoms with E-state index in [4.69, 9.17) is 4.74 Å². The lowest BCUT2D eigenvalue weighted by Gasteiger charge is -2.15. The molecule has 1 atom stereocenters. The van der Waals surface area contributed by atoms with Gasteiger partial charge in [0.2, 0.25) is 5.88 Å². The second kappa shape index (κ2) is 5.54. The van der Waals surface area contributed by atoms with Crippen molar-refractivity contribution in [2.24, 2.45) is 7.05 Å². The van der Waals surface area contributed by atoms with Gasteiger partial charge in [0.15, 0.2) is 0 Å². The fourth-order valence-corrected chi connectivity index (χ4v) is 2.82. The van der Waals surface area contributed by atoms with Crippen LogP contribution in [-0.2, 0) is 7.05 Å². The van der Waals surface area contributed by atoms with Crippen molar-refractivity contribution < 1.29 is 4.74 Å². The monoisotopic (exact) mass is 265 g/mol. The Bertz CT molecular complexity index is 518. The van der Waals surface area contributed by atoms with E-state index < -0.39 is 0 Å². The summed E-state index contributed by atoms with van der Waals surface area (Å²) in [6.07, 6.45) is 0. The number of ether oxygens (including phenoxy) is 1. The van der Waals surface area contributed by atoms with Crippen LogP contribution in [0.3, 0.4) is 0 Å². The van der Waals surface area contributed by atoms with Gasteiger partial charge in [-0.15, -0.1) is 11.3 Å². The van der Waals surface area contributed by atoms with Crippen molar-refractivity contribution in [3.8, 4) is 5.88 Å². The Balaban J connectivity index is 2.38. The highest BCUT2D eigenvalue weighted by Crippen LogP contribution is 2.29. The van der Waals surface area contributed by atoms with Gasteiger partial charge in [0.1, 0.15) is 0 Å². The lowest BCUT2D eigenvalue weighted by molar-refractivity contribution is 0.373. The Hall–Kier alpha value is -1.33. The SMILES string of the molecule is CCNC(c1cc(OC)n(C)n1)c1ccsc1C. The molecule has 0 aliphatic carbocycles. The van der Waals surface area contributed by atoms with Crippen LogP contribution >= 0.6 is 11.3 Å². The molecule has 0 aliphatic heterocycles. The summed E-state index contributed by atoms with van der Waals surface area (Å²) in [5, 5.41) is 10.1. The fraction of sp³-hybridized carbons (Fsp3) is 0.462. The molecule has 5 heteroatoms. The molecule has 0 saturated heterocycles. The standard InChI is InChI=1S/C13H19N3OS/c1-5-14-13(10-6-7-18-9(10)2)11-8-12(17-4)16(3)15-11/h6-8,13-14H,5H2,1-4H3. The number of thiophene rings is 1. The summed E-state index contributed by atoms with van der Waals surface area (Å²) >= 11 is 1.76. The van der Waals surface area contributed by atoms with Crippen LogP contribution in [0.1, 0.15) is 29.1 Å². The van der Waals surface area contributed by atoms with Gasteiger partial charge < -0.3 is 10.1 Å². The summed E-state index contributed by atoms with van der Waals surface area (Å²) in [4.78, 5) is 1.32. The van der Waals surface area contributed by atoms with Gasteiger partial charge in [0, 0.05) is 18.0 Å². The van der Waals surface area contributed by atoms with Crippen LogP contribution < -0.4 is 10.1 Å². The highest BCUT2D eigenvalue weighted by atomic mass is 32.1. The van der Waals surface area contributed by atoms with E-state index in [2.05, 4.69) is 35.7 Å². The summed E-state index contributed by atoms with van der Waals surface area (Å²) in [6, 6.07) is 4.29. The highest BCUT2D eigenvalue weighted by molar-refractivity contribution is 7.10. The molecule has 0 radical (unpaired) electrons. The molecule has 0 amide bonds. The Labute approximate surface area is 112 Å². The molecule has 1 N–H and O–H groups in total.